The minimum atomic E-state index is -0.0265. The molecule has 0 aromatic rings. The van der Waals surface area contributed by atoms with Gasteiger partial charge in [0, 0.05) is 6.04 Å². The largest absolute Gasteiger partial charge is 0.345 e. The summed E-state index contributed by atoms with van der Waals surface area (Å²) in [5.74, 6) is 1.22. The Kier molecular flexibility index (Phi) is 2.67. The van der Waals surface area contributed by atoms with E-state index in [1.54, 1.807) is 4.90 Å². The quantitative estimate of drug-likeness (QED) is 0.680. The second-order valence-corrected chi connectivity index (χ2v) is 4.78. The van der Waals surface area contributed by atoms with E-state index in [4.69, 9.17) is 0 Å². The number of nitrogens with one attached hydrogen (secondary N) is 1. The first-order valence-electron chi connectivity index (χ1n) is 5.65. The second kappa shape index (κ2) is 3.83. The molecule has 3 atom stereocenters. The Morgan fingerprint density at radius 3 is 2.60 bits per heavy atom. The van der Waals surface area contributed by atoms with Gasteiger partial charge in [-0.3, -0.25) is 9.59 Å². The van der Waals surface area contributed by atoms with Crippen molar-refractivity contribution in [3.05, 3.63) is 0 Å². The highest BCUT2D eigenvalue weighted by molar-refractivity contribution is 5.92. The van der Waals surface area contributed by atoms with Gasteiger partial charge >= 0.3 is 0 Å². The van der Waals surface area contributed by atoms with Gasteiger partial charge < -0.3 is 10.2 Å². The van der Waals surface area contributed by atoms with E-state index < -0.39 is 0 Å². The third kappa shape index (κ3) is 1.85. The van der Waals surface area contributed by atoms with E-state index in [0.717, 1.165) is 12.8 Å². The number of nitrogens with zero attached hydrogens (tertiary/aromatic N) is 1. The van der Waals surface area contributed by atoms with Crippen molar-refractivity contribution < 1.29 is 9.59 Å². The molecular formula is C11H18N2O2. The summed E-state index contributed by atoms with van der Waals surface area (Å²) in [7, 11) is 0. The molecule has 1 heterocycles. The summed E-state index contributed by atoms with van der Waals surface area (Å²) in [4.78, 5) is 24.7. The van der Waals surface area contributed by atoms with Crippen LogP contribution in [-0.4, -0.2) is 35.8 Å². The molecule has 4 heteroatoms. The molecule has 2 fully saturated rings. The fourth-order valence-electron chi connectivity index (χ4n) is 2.66. The maximum atomic E-state index is 11.7. The second-order valence-electron chi connectivity index (χ2n) is 4.78. The zero-order valence-electron chi connectivity index (χ0n) is 9.32. The van der Waals surface area contributed by atoms with Crippen LogP contribution in [0.5, 0.6) is 0 Å². The first-order valence-corrected chi connectivity index (χ1v) is 5.65. The molecule has 15 heavy (non-hydrogen) atoms. The molecule has 1 aliphatic heterocycles. The van der Waals surface area contributed by atoms with Crippen molar-refractivity contribution in [3.8, 4) is 0 Å². The van der Waals surface area contributed by atoms with Gasteiger partial charge in [-0.05, 0) is 24.7 Å². The van der Waals surface area contributed by atoms with Crippen LogP contribution in [-0.2, 0) is 9.59 Å². The van der Waals surface area contributed by atoms with Crippen molar-refractivity contribution in [1.82, 2.24) is 10.2 Å². The Morgan fingerprint density at radius 1 is 1.27 bits per heavy atom. The van der Waals surface area contributed by atoms with E-state index in [1.165, 1.54) is 0 Å². The highest BCUT2D eigenvalue weighted by atomic mass is 16.2. The van der Waals surface area contributed by atoms with Gasteiger partial charge in [0.05, 0.1) is 13.1 Å². The van der Waals surface area contributed by atoms with E-state index in [0.29, 0.717) is 11.8 Å². The van der Waals surface area contributed by atoms with Crippen LogP contribution in [0.3, 0.4) is 0 Å². The predicted molar refractivity (Wildman–Crippen MR) is 56.1 cm³/mol. The molecule has 1 saturated heterocycles. The number of carbonyl (C=O) groups excluding carboxylic acids is 2. The first-order chi connectivity index (χ1) is 7.09. The fourth-order valence-corrected chi connectivity index (χ4v) is 2.66. The normalized spacial score (nSPS) is 36.9. The van der Waals surface area contributed by atoms with Crippen molar-refractivity contribution in [2.24, 2.45) is 11.8 Å². The lowest BCUT2D eigenvalue weighted by Gasteiger charge is -2.35. The minimum Gasteiger partial charge on any atom is -0.345 e. The summed E-state index contributed by atoms with van der Waals surface area (Å²) in [6.07, 6.45) is 2.21. The monoisotopic (exact) mass is 210 g/mol. The summed E-state index contributed by atoms with van der Waals surface area (Å²) in [6.45, 7) is 4.83. The summed E-state index contributed by atoms with van der Waals surface area (Å²) in [5.41, 5.74) is 0. The predicted octanol–water partition coefficient (Wildman–Crippen LogP) is 0.379. The van der Waals surface area contributed by atoms with Crippen LogP contribution in [0.2, 0.25) is 0 Å². The molecule has 2 aliphatic rings. The topological polar surface area (TPSA) is 49.4 Å². The molecule has 0 bridgehead atoms. The number of piperazine rings is 1. The number of carbonyl (C=O) groups is 2. The number of hydrogen-bond acceptors (Lipinski definition) is 2. The molecule has 3 unspecified atom stereocenters. The van der Waals surface area contributed by atoms with Crippen LogP contribution in [0.4, 0.5) is 0 Å². The molecule has 84 valence electrons. The lowest BCUT2D eigenvalue weighted by molar-refractivity contribution is -0.143. The van der Waals surface area contributed by atoms with Crippen LogP contribution in [0.25, 0.3) is 0 Å². The maximum Gasteiger partial charge on any atom is 0.242 e. The van der Waals surface area contributed by atoms with Crippen LogP contribution in [0, 0.1) is 11.8 Å². The molecule has 1 saturated carbocycles. The van der Waals surface area contributed by atoms with Gasteiger partial charge in [0.1, 0.15) is 0 Å². The Labute approximate surface area is 90.0 Å². The summed E-state index contributed by atoms with van der Waals surface area (Å²) in [5, 5.41) is 2.58. The van der Waals surface area contributed by atoms with Gasteiger partial charge in [-0.25, -0.2) is 0 Å². The average molecular weight is 210 g/mol. The average Bonchev–Trinajstić information content (AvgIpc) is 2.52. The standard InChI is InChI=1S/C11H18N2O2/c1-7-3-4-9(8(7)2)13-6-10(14)12-5-11(13)15/h7-9H,3-6H2,1-2H3,(H,12,14). The van der Waals surface area contributed by atoms with Gasteiger partial charge in [0.2, 0.25) is 11.8 Å². The van der Waals surface area contributed by atoms with Crippen LogP contribution in [0.1, 0.15) is 26.7 Å². The van der Waals surface area contributed by atoms with Gasteiger partial charge in [0.25, 0.3) is 0 Å². The smallest absolute Gasteiger partial charge is 0.242 e. The first kappa shape index (κ1) is 10.5. The van der Waals surface area contributed by atoms with Crippen LogP contribution >= 0.6 is 0 Å². The molecule has 0 spiro atoms. The maximum absolute atomic E-state index is 11.7. The van der Waals surface area contributed by atoms with Gasteiger partial charge in [-0.1, -0.05) is 13.8 Å². The number of amides is 2. The van der Waals surface area contributed by atoms with Crippen LogP contribution < -0.4 is 5.32 Å². The number of hydrogen-bond donors (Lipinski definition) is 1. The van der Waals surface area contributed by atoms with Crippen molar-refractivity contribution in [2.45, 2.75) is 32.7 Å². The molecule has 2 rings (SSSR count). The molecule has 0 radical (unpaired) electrons. The van der Waals surface area contributed by atoms with E-state index >= 15 is 0 Å². The molecule has 0 aromatic carbocycles. The van der Waals surface area contributed by atoms with Gasteiger partial charge in [-0.2, -0.15) is 0 Å². The zero-order chi connectivity index (χ0) is 11.0. The third-order valence-corrected chi connectivity index (χ3v) is 3.89. The summed E-state index contributed by atoms with van der Waals surface area (Å²) < 4.78 is 0. The summed E-state index contributed by atoms with van der Waals surface area (Å²) >= 11 is 0. The third-order valence-electron chi connectivity index (χ3n) is 3.89. The molecule has 0 aromatic heterocycles. The number of rotatable bonds is 1. The molecule has 1 N–H and O–H groups in total. The lowest BCUT2D eigenvalue weighted by Crippen LogP contribution is -2.56. The highest BCUT2D eigenvalue weighted by Crippen LogP contribution is 2.34. The molecule has 2 amide bonds. The fraction of sp³-hybridized carbons (Fsp3) is 0.818. The van der Waals surface area contributed by atoms with Crippen molar-refractivity contribution in [1.29, 1.82) is 0 Å². The van der Waals surface area contributed by atoms with E-state index in [-0.39, 0.29) is 30.9 Å². The van der Waals surface area contributed by atoms with E-state index in [9.17, 15) is 9.59 Å². The Balaban J connectivity index is 2.08. The Morgan fingerprint density at radius 2 is 2.00 bits per heavy atom. The van der Waals surface area contributed by atoms with Crippen molar-refractivity contribution >= 4 is 11.8 Å². The van der Waals surface area contributed by atoms with Crippen molar-refractivity contribution in [2.75, 3.05) is 13.1 Å². The van der Waals surface area contributed by atoms with Crippen LogP contribution in [0.15, 0.2) is 0 Å². The van der Waals surface area contributed by atoms with Crippen molar-refractivity contribution in [3.63, 3.8) is 0 Å². The van der Waals surface area contributed by atoms with E-state index in [1.807, 2.05) is 0 Å². The van der Waals surface area contributed by atoms with Gasteiger partial charge in [-0.15, -0.1) is 0 Å². The van der Waals surface area contributed by atoms with E-state index in [2.05, 4.69) is 19.2 Å². The Hall–Kier alpha value is -1.06. The summed E-state index contributed by atoms with van der Waals surface area (Å²) in [6, 6.07) is 0.276. The molecule has 1 aliphatic carbocycles. The molecular weight excluding hydrogens is 192 g/mol. The zero-order valence-corrected chi connectivity index (χ0v) is 9.32. The Bertz CT molecular complexity index is 290. The molecule has 4 nitrogen and oxygen atoms in total. The highest BCUT2D eigenvalue weighted by Gasteiger charge is 2.38. The minimum absolute atomic E-state index is 0.0265. The van der Waals surface area contributed by atoms with Gasteiger partial charge in [0.15, 0.2) is 0 Å². The lowest BCUT2D eigenvalue weighted by atomic mass is 9.96. The SMILES string of the molecule is CC1CCC(N2CC(=O)NCC2=O)C1C.